The van der Waals surface area contributed by atoms with E-state index in [2.05, 4.69) is 20.3 Å². The lowest BCUT2D eigenvalue weighted by atomic mass is 10.1. The summed E-state index contributed by atoms with van der Waals surface area (Å²) in [6.45, 7) is 4.02. The number of nitrogens with one attached hydrogen (secondary N) is 1. The van der Waals surface area contributed by atoms with Gasteiger partial charge < -0.3 is 15.0 Å². The molecule has 1 aliphatic heterocycles. The highest BCUT2D eigenvalue weighted by molar-refractivity contribution is 5.62. The maximum Gasteiger partial charge on any atom is 0.419 e. The van der Waals surface area contributed by atoms with E-state index in [1.165, 1.54) is 24.4 Å². The largest absolute Gasteiger partial charge is 0.461 e. The van der Waals surface area contributed by atoms with E-state index in [0.717, 1.165) is 18.2 Å². The van der Waals surface area contributed by atoms with Gasteiger partial charge in [-0.05, 0) is 56.7 Å². The molecule has 3 aromatic rings. The Morgan fingerprint density at radius 3 is 2.25 bits per heavy atom. The van der Waals surface area contributed by atoms with Crippen LogP contribution in [-0.2, 0) is 25.2 Å². The minimum atomic E-state index is -4.56. The summed E-state index contributed by atoms with van der Waals surface area (Å²) < 4.78 is 85.1. The third-order valence-electron chi connectivity index (χ3n) is 5.53. The Hall–Kier alpha value is -3.57. The first-order valence-corrected chi connectivity index (χ1v) is 11.2. The molecule has 12 heteroatoms. The lowest BCUT2D eigenvalue weighted by Crippen LogP contribution is -2.29. The van der Waals surface area contributed by atoms with Gasteiger partial charge in [0.2, 0.25) is 0 Å². The number of hydrogen-bond donors (Lipinski definition) is 1. The molecule has 0 amide bonds. The van der Waals surface area contributed by atoms with Crippen molar-refractivity contribution in [1.82, 2.24) is 15.0 Å². The number of nitrogens with zero attached hydrogens (tertiary/aromatic N) is 4. The minimum absolute atomic E-state index is 0.0698. The van der Waals surface area contributed by atoms with E-state index in [9.17, 15) is 26.3 Å². The van der Waals surface area contributed by atoms with Crippen molar-refractivity contribution in [3.8, 4) is 6.01 Å². The van der Waals surface area contributed by atoms with Crippen LogP contribution in [0.3, 0.4) is 0 Å². The van der Waals surface area contributed by atoms with Crippen molar-refractivity contribution < 1.29 is 31.1 Å². The molecule has 0 unspecified atom stereocenters. The lowest BCUT2D eigenvalue weighted by molar-refractivity contribution is -0.138. The number of rotatable bonds is 5. The van der Waals surface area contributed by atoms with Gasteiger partial charge in [0.05, 0.1) is 22.9 Å². The Labute approximate surface area is 203 Å². The predicted octanol–water partition coefficient (Wildman–Crippen LogP) is 6.05. The molecule has 0 bridgehead atoms. The van der Waals surface area contributed by atoms with Gasteiger partial charge in [0.15, 0.2) is 0 Å². The molecule has 1 aromatic carbocycles. The molecule has 3 heterocycles. The summed E-state index contributed by atoms with van der Waals surface area (Å²) in [4.78, 5) is 14.4. The van der Waals surface area contributed by atoms with Crippen LogP contribution in [0.15, 0.2) is 42.6 Å². The predicted molar refractivity (Wildman–Crippen MR) is 121 cm³/mol. The quantitative estimate of drug-likeness (QED) is 0.421. The van der Waals surface area contributed by atoms with Crippen LogP contribution in [0.5, 0.6) is 6.01 Å². The molecule has 0 saturated carbocycles. The van der Waals surface area contributed by atoms with Crippen molar-refractivity contribution in [2.24, 2.45) is 0 Å². The molecule has 1 N–H and O–H groups in total. The van der Waals surface area contributed by atoms with E-state index >= 15 is 0 Å². The molecule has 192 valence electrons. The summed E-state index contributed by atoms with van der Waals surface area (Å²) in [5.74, 6) is 0.163. The fourth-order valence-corrected chi connectivity index (χ4v) is 3.90. The van der Waals surface area contributed by atoms with E-state index in [4.69, 9.17) is 4.74 Å². The van der Waals surface area contributed by atoms with Gasteiger partial charge in [-0.1, -0.05) is 0 Å². The summed E-state index contributed by atoms with van der Waals surface area (Å²) in [6, 6.07) is 6.78. The van der Waals surface area contributed by atoms with Crippen LogP contribution >= 0.6 is 0 Å². The van der Waals surface area contributed by atoms with Crippen LogP contribution in [0.25, 0.3) is 0 Å². The van der Waals surface area contributed by atoms with Crippen molar-refractivity contribution in [2.45, 2.75) is 45.1 Å². The second-order valence-corrected chi connectivity index (χ2v) is 8.51. The van der Waals surface area contributed by atoms with Crippen LogP contribution in [0.2, 0.25) is 0 Å². The SMILES string of the molecule is CC(C)Oc1nc2c(c(Nc3ccc(C(F)(F)F)cc3)n1)CCN(c1ncccc1C(F)(F)F)CC2. The topological polar surface area (TPSA) is 63.2 Å². The number of benzene rings is 1. The highest BCUT2D eigenvalue weighted by atomic mass is 19.4. The molecular weight excluding hydrogens is 488 g/mol. The maximum atomic E-state index is 13.6. The van der Waals surface area contributed by atoms with Gasteiger partial charge in [0, 0.05) is 37.0 Å². The van der Waals surface area contributed by atoms with E-state index in [0.29, 0.717) is 29.2 Å². The molecule has 6 nitrogen and oxygen atoms in total. The summed E-state index contributed by atoms with van der Waals surface area (Å²) in [6.07, 6.45) is -7.37. The third kappa shape index (κ3) is 5.80. The lowest BCUT2D eigenvalue weighted by Gasteiger charge is -2.24. The van der Waals surface area contributed by atoms with Gasteiger partial charge in [-0.25, -0.2) is 4.98 Å². The Balaban J connectivity index is 1.66. The summed E-state index contributed by atoms with van der Waals surface area (Å²) in [5, 5.41) is 3.03. The highest BCUT2D eigenvalue weighted by Crippen LogP contribution is 2.37. The molecule has 0 spiro atoms. The molecule has 0 radical (unpaired) electrons. The van der Waals surface area contributed by atoms with Gasteiger partial charge in [0.25, 0.3) is 0 Å². The highest BCUT2D eigenvalue weighted by Gasteiger charge is 2.36. The van der Waals surface area contributed by atoms with Gasteiger partial charge in [-0.2, -0.15) is 36.3 Å². The number of fused-ring (bicyclic) bond motifs is 1. The molecular formula is C24H23F6N5O. The molecule has 0 atom stereocenters. The zero-order chi connectivity index (χ0) is 26.1. The van der Waals surface area contributed by atoms with E-state index in [1.54, 1.807) is 18.7 Å². The number of alkyl halides is 6. The number of anilines is 3. The summed E-state index contributed by atoms with van der Waals surface area (Å²) in [5.41, 5.74) is -0.0107. The van der Waals surface area contributed by atoms with Crippen molar-refractivity contribution in [3.63, 3.8) is 0 Å². The minimum Gasteiger partial charge on any atom is -0.461 e. The summed E-state index contributed by atoms with van der Waals surface area (Å²) in [7, 11) is 0. The fourth-order valence-electron chi connectivity index (χ4n) is 3.90. The Bertz CT molecular complexity index is 1210. The average Bonchev–Trinajstić information content (AvgIpc) is 3.01. The third-order valence-corrected chi connectivity index (χ3v) is 5.53. The first kappa shape index (κ1) is 25.5. The smallest absolute Gasteiger partial charge is 0.419 e. The molecule has 4 rings (SSSR count). The number of hydrogen-bond acceptors (Lipinski definition) is 6. The van der Waals surface area contributed by atoms with Gasteiger partial charge in [-0.15, -0.1) is 0 Å². The zero-order valence-corrected chi connectivity index (χ0v) is 19.4. The molecule has 0 saturated heterocycles. The number of halogens is 6. The van der Waals surface area contributed by atoms with Crippen LogP contribution in [-0.4, -0.2) is 34.1 Å². The maximum absolute atomic E-state index is 13.6. The van der Waals surface area contributed by atoms with Gasteiger partial charge in [-0.3, -0.25) is 0 Å². The number of ether oxygens (including phenoxy) is 1. The molecule has 2 aromatic heterocycles. The van der Waals surface area contributed by atoms with Crippen molar-refractivity contribution in [1.29, 1.82) is 0 Å². The second kappa shape index (κ2) is 9.82. The first-order chi connectivity index (χ1) is 16.9. The van der Waals surface area contributed by atoms with Gasteiger partial charge in [0.1, 0.15) is 11.6 Å². The average molecular weight is 511 g/mol. The summed E-state index contributed by atoms with van der Waals surface area (Å²) >= 11 is 0. The van der Waals surface area contributed by atoms with Crippen molar-refractivity contribution >= 4 is 17.3 Å². The zero-order valence-electron chi connectivity index (χ0n) is 19.4. The molecule has 36 heavy (non-hydrogen) atoms. The number of aromatic nitrogens is 3. The first-order valence-electron chi connectivity index (χ1n) is 11.2. The van der Waals surface area contributed by atoms with Crippen LogP contribution < -0.4 is 15.0 Å². The Morgan fingerprint density at radius 1 is 0.917 bits per heavy atom. The van der Waals surface area contributed by atoms with E-state index in [1.807, 2.05) is 0 Å². The van der Waals surface area contributed by atoms with Crippen LogP contribution in [0.4, 0.5) is 43.7 Å². The molecule has 1 aliphatic rings. The fraction of sp³-hybridized carbons (Fsp3) is 0.375. The Kier molecular flexibility index (Phi) is 6.96. The van der Waals surface area contributed by atoms with E-state index in [-0.39, 0.29) is 37.4 Å². The second-order valence-electron chi connectivity index (χ2n) is 8.51. The molecule has 0 aliphatic carbocycles. The van der Waals surface area contributed by atoms with Crippen LogP contribution in [0, 0.1) is 0 Å². The van der Waals surface area contributed by atoms with Gasteiger partial charge >= 0.3 is 18.4 Å². The van der Waals surface area contributed by atoms with E-state index < -0.39 is 23.5 Å². The standard InChI is InChI=1S/C24H23F6N5O/c1-14(2)36-22-33-19-10-13-35(21-18(24(28,29)30)4-3-11-31-21)12-9-17(19)20(34-22)32-16-7-5-15(6-8-16)23(25,26)27/h3-8,11,14H,9-10,12-13H2,1-2H3,(H,32,33,34). The normalized spacial score (nSPS) is 14.4. The monoisotopic (exact) mass is 511 g/mol. The van der Waals surface area contributed by atoms with Crippen molar-refractivity contribution in [3.05, 3.63) is 65.0 Å². The Morgan fingerprint density at radius 2 is 1.61 bits per heavy atom. The number of pyridine rings is 1. The van der Waals surface area contributed by atoms with Crippen molar-refractivity contribution in [2.75, 3.05) is 23.3 Å². The molecule has 0 fully saturated rings. The van der Waals surface area contributed by atoms with Crippen LogP contribution in [0.1, 0.15) is 36.2 Å².